The monoisotopic (exact) mass is 260 g/mol. The fourth-order valence-electron chi connectivity index (χ4n) is 0.942. The molecule has 0 aromatic rings. The molecule has 0 heterocycles. The topological polar surface area (TPSA) is 107 Å². The summed E-state index contributed by atoms with van der Waals surface area (Å²) in [6.45, 7) is 1.15. The summed E-state index contributed by atoms with van der Waals surface area (Å²) < 4.78 is 9.31. The smallest absolute Gasteiger partial charge is 0.306 e. The van der Waals surface area contributed by atoms with Crippen LogP contribution in [-0.4, -0.2) is 42.0 Å². The predicted octanol–water partition coefficient (Wildman–Crippen LogP) is 0.307. The first-order chi connectivity index (χ1) is 8.41. The molecular weight excluding hydrogens is 244 g/mol. The SMILES string of the molecule is CC(=O)CCC(=O)OCCOC(=O)CCC(=O)O. The van der Waals surface area contributed by atoms with Gasteiger partial charge in [0.1, 0.15) is 19.0 Å². The molecule has 0 fully saturated rings. The maximum atomic E-state index is 11.0. The second-order valence-electron chi connectivity index (χ2n) is 3.54. The lowest BCUT2D eigenvalue weighted by Crippen LogP contribution is -2.15. The molecule has 1 N–H and O–H groups in total. The Kier molecular flexibility index (Phi) is 8.17. The highest BCUT2D eigenvalue weighted by Crippen LogP contribution is 1.95. The third-order valence-corrected chi connectivity index (χ3v) is 1.83. The summed E-state index contributed by atoms with van der Waals surface area (Å²) in [4.78, 5) is 42.7. The second-order valence-corrected chi connectivity index (χ2v) is 3.54. The molecule has 0 aliphatic heterocycles. The number of carboxylic acid groups (broad SMARTS) is 1. The van der Waals surface area contributed by atoms with Gasteiger partial charge in [-0.15, -0.1) is 0 Å². The zero-order valence-electron chi connectivity index (χ0n) is 10.1. The lowest BCUT2D eigenvalue weighted by Gasteiger charge is -2.05. The Balaban J connectivity index is 3.49. The summed E-state index contributed by atoms with van der Waals surface area (Å²) in [5.74, 6) is -2.38. The highest BCUT2D eigenvalue weighted by Gasteiger charge is 2.08. The van der Waals surface area contributed by atoms with Crippen molar-refractivity contribution in [2.45, 2.75) is 32.6 Å². The Bertz CT molecular complexity index is 289. The molecule has 7 heteroatoms. The van der Waals surface area contributed by atoms with Crippen LogP contribution in [0, 0.1) is 0 Å². The average Bonchev–Trinajstić information content (AvgIpc) is 2.29. The van der Waals surface area contributed by atoms with Gasteiger partial charge in [0, 0.05) is 6.42 Å². The number of ether oxygens (including phenoxy) is 2. The van der Waals surface area contributed by atoms with Crippen LogP contribution in [0.1, 0.15) is 32.6 Å². The van der Waals surface area contributed by atoms with E-state index in [9.17, 15) is 19.2 Å². The van der Waals surface area contributed by atoms with Gasteiger partial charge < -0.3 is 19.4 Å². The first kappa shape index (κ1) is 16.1. The number of aliphatic carboxylic acids is 1. The van der Waals surface area contributed by atoms with Crippen molar-refractivity contribution in [2.75, 3.05) is 13.2 Å². The summed E-state index contributed by atoms with van der Waals surface area (Å²) in [5, 5.41) is 8.31. The van der Waals surface area contributed by atoms with E-state index in [0.29, 0.717) is 0 Å². The molecule has 0 atom stereocenters. The molecule has 102 valence electrons. The Morgan fingerprint density at radius 3 is 1.67 bits per heavy atom. The van der Waals surface area contributed by atoms with Crippen LogP contribution in [0.2, 0.25) is 0 Å². The van der Waals surface area contributed by atoms with Crippen molar-refractivity contribution in [3.8, 4) is 0 Å². The molecule has 0 rings (SSSR count). The molecule has 0 unspecified atom stereocenters. The minimum Gasteiger partial charge on any atom is -0.481 e. The molecule has 0 saturated heterocycles. The number of carbonyl (C=O) groups is 4. The van der Waals surface area contributed by atoms with Crippen LogP contribution in [0.15, 0.2) is 0 Å². The molecule has 18 heavy (non-hydrogen) atoms. The summed E-state index contributed by atoms with van der Waals surface area (Å²) in [7, 11) is 0. The summed E-state index contributed by atoms with van der Waals surface area (Å²) >= 11 is 0. The maximum Gasteiger partial charge on any atom is 0.306 e. The minimum absolute atomic E-state index is 0.00228. The molecule has 0 aliphatic rings. The molecule has 0 aliphatic carbocycles. The van der Waals surface area contributed by atoms with E-state index in [4.69, 9.17) is 5.11 Å². The average molecular weight is 260 g/mol. The van der Waals surface area contributed by atoms with Gasteiger partial charge in [-0.1, -0.05) is 0 Å². The molecule has 0 spiro atoms. The van der Waals surface area contributed by atoms with Gasteiger partial charge in [0.2, 0.25) is 0 Å². The van der Waals surface area contributed by atoms with Crippen molar-refractivity contribution >= 4 is 23.7 Å². The number of hydrogen-bond donors (Lipinski definition) is 1. The van der Waals surface area contributed by atoms with Crippen LogP contribution in [0.25, 0.3) is 0 Å². The molecule has 0 aromatic carbocycles. The number of esters is 2. The Hall–Kier alpha value is -1.92. The predicted molar refractivity (Wildman–Crippen MR) is 58.7 cm³/mol. The maximum absolute atomic E-state index is 11.0. The standard InChI is InChI=1S/C11H16O7/c1-8(12)2-4-10(15)17-6-7-18-11(16)5-3-9(13)14/h2-7H2,1H3,(H,13,14). The number of rotatable bonds is 9. The van der Waals surface area contributed by atoms with E-state index < -0.39 is 17.9 Å². The summed E-state index contributed by atoms with van der Waals surface area (Å²) in [6.07, 6.45) is -0.385. The Labute approximate surface area is 104 Å². The number of hydrogen-bond acceptors (Lipinski definition) is 6. The zero-order chi connectivity index (χ0) is 14.0. The van der Waals surface area contributed by atoms with E-state index in [-0.39, 0.29) is 44.7 Å². The summed E-state index contributed by atoms with van der Waals surface area (Å²) in [5.41, 5.74) is 0. The van der Waals surface area contributed by atoms with Crippen molar-refractivity contribution in [3.05, 3.63) is 0 Å². The van der Waals surface area contributed by atoms with Gasteiger partial charge in [0.05, 0.1) is 19.3 Å². The molecule has 0 saturated carbocycles. The van der Waals surface area contributed by atoms with Gasteiger partial charge in [0.15, 0.2) is 0 Å². The lowest BCUT2D eigenvalue weighted by atomic mass is 10.2. The van der Waals surface area contributed by atoms with Crippen LogP contribution in [0.5, 0.6) is 0 Å². The van der Waals surface area contributed by atoms with Crippen LogP contribution >= 0.6 is 0 Å². The fraction of sp³-hybridized carbons (Fsp3) is 0.636. The van der Waals surface area contributed by atoms with E-state index in [1.807, 2.05) is 0 Å². The number of ketones is 1. The van der Waals surface area contributed by atoms with Gasteiger partial charge >= 0.3 is 17.9 Å². The van der Waals surface area contributed by atoms with E-state index in [0.717, 1.165) is 0 Å². The van der Waals surface area contributed by atoms with Crippen molar-refractivity contribution in [1.82, 2.24) is 0 Å². The van der Waals surface area contributed by atoms with Gasteiger partial charge in [-0.25, -0.2) is 0 Å². The van der Waals surface area contributed by atoms with E-state index in [1.54, 1.807) is 0 Å². The van der Waals surface area contributed by atoms with E-state index in [2.05, 4.69) is 9.47 Å². The summed E-state index contributed by atoms with van der Waals surface area (Å²) in [6, 6.07) is 0. The van der Waals surface area contributed by atoms with E-state index in [1.165, 1.54) is 6.92 Å². The highest BCUT2D eigenvalue weighted by atomic mass is 16.6. The van der Waals surface area contributed by atoms with Crippen molar-refractivity contribution in [1.29, 1.82) is 0 Å². The van der Waals surface area contributed by atoms with Crippen molar-refractivity contribution in [3.63, 3.8) is 0 Å². The first-order valence-electron chi connectivity index (χ1n) is 5.44. The first-order valence-corrected chi connectivity index (χ1v) is 5.44. The second kappa shape index (κ2) is 9.15. The van der Waals surface area contributed by atoms with Crippen molar-refractivity contribution in [2.24, 2.45) is 0 Å². The zero-order valence-corrected chi connectivity index (χ0v) is 10.1. The number of Topliss-reactive ketones (excluding diaryl/α,β-unsaturated/α-hetero) is 1. The van der Waals surface area contributed by atoms with Crippen molar-refractivity contribution < 1.29 is 33.8 Å². The molecule has 7 nitrogen and oxygen atoms in total. The molecular formula is C11H16O7. The third-order valence-electron chi connectivity index (χ3n) is 1.83. The number of carboxylic acids is 1. The van der Waals surface area contributed by atoms with Crippen LogP contribution < -0.4 is 0 Å². The number of carbonyl (C=O) groups excluding carboxylic acids is 3. The Morgan fingerprint density at radius 2 is 1.28 bits per heavy atom. The normalized spacial score (nSPS) is 9.61. The van der Waals surface area contributed by atoms with Gasteiger partial charge in [-0.2, -0.15) is 0 Å². The minimum atomic E-state index is -1.08. The lowest BCUT2D eigenvalue weighted by molar-refractivity contribution is -0.153. The molecule has 0 radical (unpaired) electrons. The van der Waals surface area contributed by atoms with Gasteiger partial charge in [0.25, 0.3) is 0 Å². The molecule has 0 amide bonds. The van der Waals surface area contributed by atoms with E-state index >= 15 is 0 Å². The van der Waals surface area contributed by atoms with Crippen LogP contribution in [0.3, 0.4) is 0 Å². The quantitative estimate of drug-likeness (QED) is 0.469. The van der Waals surface area contributed by atoms with Gasteiger partial charge in [-0.3, -0.25) is 14.4 Å². The molecule has 0 bridgehead atoms. The Morgan fingerprint density at radius 1 is 0.833 bits per heavy atom. The highest BCUT2D eigenvalue weighted by molar-refractivity contribution is 5.81. The van der Waals surface area contributed by atoms with Gasteiger partial charge in [-0.05, 0) is 6.92 Å². The van der Waals surface area contributed by atoms with Crippen LogP contribution in [0.4, 0.5) is 0 Å². The fourth-order valence-corrected chi connectivity index (χ4v) is 0.942. The third kappa shape index (κ3) is 10.6. The molecule has 0 aromatic heterocycles. The largest absolute Gasteiger partial charge is 0.481 e. The van der Waals surface area contributed by atoms with Crippen LogP contribution in [-0.2, 0) is 28.7 Å².